The van der Waals surface area contributed by atoms with Crippen LogP contribution < -0.4 is 16.0 Å². The van der Waals surface area contributed by atoms with Crippen LogP contribution in [0.25, 0.3) is 0 Å². The molecular formula is C28H49N7O3S. The monoisotopic (exact) mass is 563 g/mol. The molecular weight excluding hydrogens is 514 g/mol. The van der Waals surface area contributed by atoms with Crippen LogP contribution in [0.15, 0.2) is 36.4 Å². The molecule has 3 rings (SSSR count). The molecule has 39 heavy (non-hydrogen) atoms. The van der Waals surface area contributed by atoms with Crippen LogP contribution >= 0.6 is 11.8 Å². The topological polar surface area (TPSA) is 121 Å². The molecule has 2 saturated heterocycles. The van der Waals surface area contributed by atoms with Crippen molar-refractivity contribution in [3.05, 3.63) is 36.4 Å². The zero-order valence-corrected chi connectivity index (χ0v) is 24.5. The summed E-state index contributed by atoms with van der Waals surface area (Å²) in [4.78, 5) is 41.4. The van der Waals surface area contributed by atoms with Crippen molar-refractivity contribution in [2.75, 3.05) is 70.0 Å². The number of carbonyl (C=O) groups excluding carboxylic acids is 3. The smallest absolute Gasteiger partial charge is 0.238 e. The van der Waals surface area contributed by atoms with Crippen LogP contribution in [0.1, 0.15) is 37.9 Å². The maximum atomic E-state index is 12.5. The lowest BCUT2D eigenvalue weighted by Crippen LogP contribution is -2.45. The average Bonchev–Trinajstić information content (AvgIpc) is 3.21. The number of amides is 3. The third-order valence-electron chi connectivity index (χ3n) is 6.38. The third kappa shape index (κ3) is 11.7. The highest BCUT2D eigenvalue weighted by atomic mass is 32.2. The van der Waals surface area contributed by atoms with Gasteiger partial charge in [0.1, 0.15) is 5.25 Å². The molecule has 0 saturated carbocycles. The van der Waals surface area contributed by atoms with Crippen molar-refractivity contribution >= 4 is 40.9 Å². The molecule has 11 heteroatoms. The van der Waals surface area contributed by atoms with Crippen LogP contribution in [0.5, 0.6) is 0 Å². The first kappa shape index (κ1) is 32.1. The Morgan fingerprint density at radius 1 is 1.15 bits per heavy atom. The predicted molar refractivity (Wildman–Crippen MR) is 165 cm³/mol. The summed E-state index contributed by atoms with van der Waals surface area (Å²) >= 11 is 1.55. The summed E-state index contributed by atoms with van der Waals surface area (Å²) < 4.78 is 0. The van der Waals surface area contributed by atoms with Crippen molar-refractivity contribution in [3.8, 4) is 6.07 Å². The van der Waals surface area contributed by atoms with E-state index in [-0.39, 0.29) is 32.6 Å². The zero-order chi connectivity index (χ0) is 28.8. The van der Waals surface area contributed by atoms with E-state index < -0.39 is 0 Å². The Balaban J connectivity index is 0. The van der Waals surface area contributed by atoms with Crippen molar-refractivity contribution < 1.29 is 18.7 Å². The molecule has 0 spiro atoms. The fraction of sp³-hybridized carbons (Fsp3) is 0.571. The van der Waals surface area contributed by atoms with E-state index in [0.717, 1.165) is 49.7 Å². The Morgan fingerprint density at radius 3 is 2.33 bits per heavy atom. The summed E-state index contributed by atoms with van der Waals surface area (Å²) in [6.45, 7) is 15.6. The van der Waals surface area contributed by atoms with Crippen molar-refractivity contribution in [3.63, 3.8) is 0 Å². The van der Waals surface area contributed by atoms with Crippen molar-refractivity contribution in [2.45, 2.75) is 44.2 Å². The first-order chi connectivity index (χ1) is 18.6. The second-order valence-electron chi connectivity index (χ2n) is 9.83. The Hall–Kier alpha value is -3.07. The maximum absolute atomic E-state index is 12.5. The Labute approximate surface area is 241 Å². The van der Waals surface area contributed by atoms with Gasteiger partial charge in [-0.25, -0.2) is 0 Å². The number of piperazine rings is 1. The number of rotatable bonds is 11. The highest BCUT2D eigenvalue weighted by molar-refractivity contribution is 8.01. The summed E-state index contributed by atoms with van der Waals surface area (Å²) in [6.07, 6.45) is 0.840. The van der Waals surface area contributed by atoms with E-state index in [1.165, 1.54) is 6.92 Å². The quantitative estimate of drug-likeness (QED) is 0.351. The summed E-state index contributed by atoms with van der Waals surface area (Å²) in [5.41, 5.74) is 2.64. The number of carbonyl (C=O) groups is 3. The van der Waals surface area contributed by atoms with Gasteiger partial charge < -0.3 is 30.7 Å². The molecule has 2 unspecified atom stereocenters. The number of hydrogen-bond acceptors (Lipinski definition) is 8. The summed E-state index contributed by atoms with van der Waals surface area (Å²) in [6, 6.07) is 9.72. The van der Waals surface area contributed by atoms with Crippen LogP contribution in [0.3, 0.4) is 0 Å². The number of nitrogens with zero attached hydrogens (tertiary/aromatic N) is 4. The molecule has 10 nitrogen and oxygen atoms in total. The van der Waals surface area contributed by atoms with E-state index in [1.807, 2.05) is 38.1 Å². The summed E-state index contributed by atoms with van der Waals surface area (Å²) in [7, 11) is 2.12. The summed E-state index contributed by atoms with van der Waals surface area (Å²) in [5.74, 6) is 0.105. The molecule has 1 aromatic carbocycles. The van der Waals surface area contributed by atoms with Crippen LogP contribution in [-0.2, 0) is 14.4 Å². The van der Waals surface area contributed by atoms with Gasteiger partial charge in [0.15, 0.2) is 0 Å². The van der Waals surface area contributed by atoms with Crippen molar-refractivity contribution in [2.24, 2.45) is 0 Å². The SMILES string of the molecule is C=C(C)CNC(C)=O.CCN1C(=O)C(CNc2ccc(NC(=O)CCN3CCN(C)CC3)cc2)SC1CC#N.[HH].[HH].[HH]. The lowest BCUT2D eigenvalue weighted by Gasteiger charge is -2.32. The Morgan fingerprint density at radius 2 is 1.79 bits per heavy atom. The molecule has 2 heterocycles. The molecule has 2 aliphatic heterocycles. The predicted octanol–water partition coefficient (Wildman–Crippen LogP) is 3.31. The highest BCUT2D eigenvalue weighted by Crippen LogP contribution is 2.33. The molecule has 0 bridgehead atoms. The van der Waals surface area contributed by atoms with Gasteiger partial charge in [-0.15, -0.1) is 11.8 Å². The number of hydrogen-bond donors (Lipinski definition) is 3. The van der Waals surface area contributed by atoms with Gasteiger partial charge in [-0.05, 0) is 45.2 Å². The molecule has 2 fully saturated rings. The largest absolute Gasteiger partial charge is 0.383 e. The lowest BCUT2D eigenvalue weighted by atomic mass is 10.2. The average molecular weight is 564 g/mol. The second-order valence-corrected chi connectivity index (χ2v) is 11.2. The number of nitrogens with one attached hydrogen (secondary N) is 3. The molecule has 1 aromatic rings. The normalized spacial score (nSPS) is 19.5. The van der Waals surface area contributed by atoms with Crippen LogP contribution in [0, 0.1) is 11.3 Å². The number of likely N-dealkylation sites (N-methyl/N-ethyl adjacent to an activating group) is 1. The van der Waals surface area contributed by atoms with Gasteiger partial charge in [-0.3, -0.25) is 14.4 Å². The maximum Gasteiger partial charge on any atom is 0.238 e. The Bertz CT molecular complexity index is 1000. The van der Waals surface area contributed by atoms with Gasteiger partial charge in [0.2, 0.25) is 17.7 Å². The standard InChI is InChI=1S/C22H32N6O2S.C6H11NO.3H2/c1-3-28-21(8-10-23)31-19(22(28)30)16-24-17-4-6-18(7-5-17)25-20(29)9-11-27-14-12-26(2)13-15-27;1-5(2)4-7-6(3)8;;;/h4-7,19,21,24H,3,8-9,11-16H2,1-2H3,(H,25,29);1,4H2,2-3H3,(H,7,8);3*1H. The molecule has 0 aliphatic carbocycles. The number of nitriles is 1. The fourth-order valence-corrected chi connectivity index (χ4v) is 5.47. The van der Waals surface area contributed by atoms with E-state index in [1.54, 1.807) is 16.7 Å². The number of thioether (sulfide) groups is 1. The first-order valence-electron chi connectivity index (χ1n) is 13.4. The van der Waals surface area contributed by atoms with Crippen molar-refractivity contribution in [1.82, 2.24) is 20.0 Å². The van der Waals surface area contributed by atoms with Gasteiger partial charge in [0.05, 0.1) is 17.9 Å². The fourth-order valence-electron chi connectivity index (χ4n) is 4.09. The molecule has 0 aromatic heterocycles. The van der Waals surface area contributed by atoms with Gasteiger partial charge in [-0.2, -0.15) is 5.26 Å². The Kier molecular flexibility index (Phi) is 13.8. The van der Waals surface area contributed by atoms with Gasteiger partial charge >= 0.3 is 0 Å². The van der Waals surface area contributed by atoms with Crippen LogP contribution in [0.2, 0.25) is 0 Å². The van der Waals surface area contributed by atoms with E-state index in [4.69, 9.17) is 5.26 Å². The molecule has 2 atom stereocenters. The van der Waals surface area contributed by atoms with E-state index in [0.29, 0.717) is 32.5 Å². The van der Waals surface area contributed by atoms with E-state index in [9.17, 15) is 14.4 Å². The highest BCUT2D eigenvalue weighted by Gasteiger charge is 2.38. The molecule has 3 amide bonds. The summed E-state index contributed by atoms with van der Waals surface area (Å²) in [5, 5.41) is 17.6. The minimum absolute atomic E-state index is 0. The van der Waals surface area contributed by atoms with Gasteiger partial charge in [0, 0.05) is 81.4 Å². The lowest BCUT2D eigenvalue weighted by molar-refractivity contribution is -0.129. The molecule has 0 radical (unpaired) electrons. The van der Waals surface area contributed by atoms with E-state index in [2.05, 4.69) is 45.4 Å². The molecule has 3 N–H and O–H groups in total. The molecule has 2 aliphatic rings. The first-order valence-corrected chi connectivity index (χ1v) is 14.3. The molecule has 220 valence electrons. The van der Waals surface area contributed by atoms with E-state index >= 15 is 0 Å². The zero-order valence-electron chi connectivity index (χ0n) is 23.7. The minimum Gasteiger partial charge on any atom is -0.383 e. The number of anilines is 2. The second kappa shape index (κ2) is 16.8. The van der Waals surface area contributed by atoms with Gasteiger partial charge in [-0.1, -0.05) is 12.2 Å². The van der Waals surface area contributed by atoms with Crippen LogP contribution in [-0.4, -0.2) is 102 Å². The van der Waals surface area contributed by atoms with Crippen LogP contribution in [0.4, 0.5) is 11.4 Å². The minimum atomic E-state index is -0.188. The third-order valence-corrected chi connectivity index (χ3v) is 7.82. The van der Waals surface area contributed by atoms with Crippen molar-refractivity contribution in [1.29, 1.82) is 5.26 Å². The van der Waals surface area contributed by atoms with Gasteiger partial charge in [0.25, 0.3) is 0 Å². The number of benzene rings is 1.